The van der Waals surface area contributed by atoms with Crippen LogP contribution in [0.5, 0.6) is 0 Å². The van der Waals surface area contributed by atoms with E-state index in [1.165, 1.54) is 6.92 Å². The average Bonchev–Trinajstić information content (AvgIpc) is 3.24. The van der Waals surface area contributed by atoms with Gasteiger partial charge in [-0.3, -0.25) is 28.8 Å². The first-order chi connectivity index (χ1) is 18.1. The molecule has 3 aliphatic rings. The number of carbonyl (C=O) groups is 4. The summed E-state index contributed by atoms with van der Waals surface area (Å²) in [7, 11) is -2.80. The van der Waals surface area contributed by atoms with Crippen molar-refractivity contribution in [1.82, 2.24) is 20.9 Å². The molecule has 2 aromatic carbocycles. The summed E-state index contributed by atoms with van der Waals surface area (Å²) >= 11 is 0. The van der Waals surface area contributed by atoms with Crippen LogP contribution in [-0.4, -0.2) is 68.7 Å². The first-order valence-corrected chi connectivity index (χ1v) is 14.5. The van der Waals surface area contributed by atoms with E-state index in [4.69, 9.17) is 0 Å². The van der Waals surface area contributed by atoms with Gasteiger partial charge in [0.05, 0.1) is 10.9 Å². The second-order valence-corrected chi connectivity index (χ2v) is 12.3. The largest absolute Gasteiger partial charge is 0.346 e. The van der Waals surface area contributed by atoms with Crippen molar-refractivity contribution in [2.45, 2.75) is 49.1 Å². The van der Waals surface area contributed by atoms with Crippen LogP contribution in [-0.2, 0) is 9.59 Å². The maximum Gasteiger partial charge on any atom is 0.322 e. The van der Waals surface area contributed by atoms with Gasteiger partial charge >= 0.3 is 6.03 Å². The maximum atomic E-state index is 13.3. The first kappa shape index (κ1) is 26.2. The zero-order valence-electron chi connectivity index (χ0n) is 21.1. The van der Waals surface area contributed by atoms with E-state index in [1.54, 1.807) is 29.2 Å². The molecule has 0 bridgehead atoms. The lowest BCUT2D eigenvalue weighted by molar-refractivity contribution is -0.130. The molecule has 3 aliphatic heterocycles. The number of carbonyl (C=O) groups excluding carboxylic acids is 4. The number of nitrogens with zero attached hydrogens (tertiary/aromatic N) is 1. The van der Waals surface area contributed by atoms with Gasteiger partial charge in [0.2, 0.25) is 5.91 Å². The van der Waals surface area contributed by atoms with Gasteiger partial charge in [-0.1, -0.05) is 30.3 Å². The zero-order chi connectivity index (χ0) is 27.0. The quantitative estimate of drug-likeness (QED) is 0.369. The molecular weight excluding hydrogens is 508 g/mol. The Kier molecular flexibility index (Phi) is 7.17. The third-order valence-electron chi connectivity index (χ3n) is 7.87. The lowest BCUT2D eigenvalue weighted by atomic mass is 9.84. The number of imide groups is 1. The number of amides is 5. The molecule has 202 valence electrons. The molecule has 0 aromatic heterocycles. The fourth-order valence-electron chi connectivity index (χ4n) is 5.79. The van der Waals surface area contributed by atoms with Crippen molar-refractivity contribution in [3.63, 3.8) is 0 Å². The van der Waals surface area contributed by atoms with Gasteiger partial charge in [0.15, 0.2) is 0 Å². The van der Waals surface area contributed by atoms with E-state index in [0.717, 1.165) is 11.1 Å². The number of nitrogens with one attached hydrogen (secondary N) is 3. The number of urea groups is 1. The molecule has 2 fully saturated rings. The van der Waals surface area contributed by atoms with E-state index < -0.39 is 34.6 Å². The fourth-order valence-corrected chi connectivity index (χ4v) is 7.46. The molecule has 2 aromatic rings. The second-order valence-electron chi connectivity index (χ2n) is 10.2. The zero-order valence-corrected chi connectivity index (χ0v) is 21.9. The minimum absolute atomic E-state index is 0.0123. The Hall–Kier alpha value is -3.41. The van der Waals surface area contributed by atoms with E-state index >= 15 is 0 Å². The van der Waals surface area contributed by atoms with Crippen molar-refractivity contribution in [1.29, 1.82) is 0 Å². The summed E-state index contributed by atoms with van der Waals surface area (Å²) < 4.78 is 21.0. The van der Waals surface area contributed by atoms with Crippen LogP contribution in [0.4, 0.5) is 4.79 Å². The van der Waals surface area contributed by atoms with Crippen molar-refractivity contribution >= 4 is 34.3 Å². The standard InChI is InChI=1S/C27H32N4O6S/c1-16(32)31-13-10-18(11-14-31)23(24-26(34)30-27(35)29-24)28-25(33)19-8-6-17(7-9-19)20-12-15-38(36,37)22-5-3-2-4-21(20)22/h2-9,18,20,23-24,36-37H,10-15H2,1H3,(H,28,33)(H2,29,30,34,35). The van der Waals surface area contributed by atoms with Crippen LogP contribution in [0.1, 0.15) is 53.6 Å². The van der Waals surface area contributed by atoms with Crippen LogP contribution >= 0.6 is 10.6 Å². The molecule has 3 heterocycles. The van der Waals surface area contributed by atoms with Gasteiger partial charge in [-0.2, -0.15) is 10.6 Å². The minimum atomic E-state index is -2.80. The Labute approximate surface area is 222 Å². The summed E-state index contributed by atoms with van der Waals surface area (Å²) in [5.41, 5.74) is 2.27. The lowest BCUT2D eigenvalue weighted by Crippen LogP contribution is -2.56. The smallest absolute Gasteiger partial charge is 0.322 e. The Balaban J connectivity index is 1.33. The SMILES string of the molecule is CC(=O)N1CCC(C(NC(=O)c2ccc(C3CCS(O)(O)c4ccccc43)cc2)C2NC(=O)NC2=O)CC1. The highest BCUT2D eigenvalue weighted by atomic mass is 32.3. The third kappa shape index (κ3) is 5.13. The van der Waals surface area contributed by atoms with Crippen LogP contribution in [0, 0.1) is 5.92 Å². The fraction of sp³-hybridized carbons (Fsp3) is 0.407. The van der Waals surface area contributed by atoms with Gasteiger partial charge in [0, 0.05) is 37.2 Å². The van der Waals surface area contributed by atoms with Crippen molar-refractivity contribution in [3.05, 3.63) is 65.2 Å². The molecule has 0 aliphatic carbocycles. The molecule has 0 saturated carbocycles. The lowest BCUT2D eigenvalue weighted by Gasteiger charge is -2.41. The average molecular weight is 541 g/mol. The molecule has 11 heteroatoms. The number of piperidine rings is 1. The van der Waals surface area contributed by atoms with Crippen molar-refractivity contribution in [3.8, 4) is 0 Å². The van der Waals surface area contributed by atoms with Crippen LogP contribution in [0.2, 0.25) is 0 Å². The van der Waals surface area contributed by atoms with Crippen LogP contribution in [0.15, 0.2) is 53.4 Å². The van der Waals surface area contributed by atoms with Crippen LogP contribution in [0.25, 0.3) is 0 Å². The summed E-state index contributed by atoms with van der Waals surface area (Å²) in [4.78, 5) is 51.7. The number of hydrogen-bond acceptors (Lipinski definition) is 6. The Morgan fingerprint density at radius 3 is 2.34 bits per heavy atom. The van der Waals surface area contributed by atoms with E-state index in [9.17, 15) is 28.3 Å². The first-order valence-electron chi connectivity index (χ1n) is 12.8. The number of hydrogen-bond donors (Lipinski definition) is 5. The predicted molar refractivity (Wildman–Crippen MR) is 142 cm³/mol. The summed E-state index contributed by atoms with van der Waals surface area (Å²) in [5, 5.41) is 7.86. The molecule has 5 rings (SSSR count). The van der Waals surface area contributed by atoms with Gasteiger partial charge in [0.25, 0.3) is 11.8 Å². The number of likely N-dealkylation sites (tertiary alicyclic amines) is 1. The second kappa shape index (κ2) is 10.4. The van der Waals surface area contributed by atoms with Crippen molar-refractivity contribution < 1.29 is 28.3 Å². The molecule has 3 atom stereocenters. The molecule has 38 heavy (non-hydrogen) atoms. The van der Waals surface area contributed by atoms with Crippen molar-refractivity contribution in [2.75, 3.05) is 18.8 Å². The van der Waals surface area contributed by atoms with Gasteiger partial charge < -0.3 is 15.5 Å². The maximum absolute atomic E-state index is 13.3. The Bertz CT molecular complexity index is 1260. The van der Waals surface area contributed by atoms with Crippen LogP contribution in [0.3, 0.4) is 0 Å². The topological polar surface area (TPSA) is 148 Å². The highest BCUT2D eigenvalue weighted by Crippen LogP contribution is 2.57. The summed E-state index contributed by atoms with van der Waals surface area (Å²) in [5.74, 6) is -0.673. The van der Waals surface area contributed by atoms with Gasteiger partial charge in [0.1, 0.15) is 6.04 Å². The van der Waals surface area contributed by atoms with Crippen LogP contribution < -0.4 is 16.0 Å². The van der Waals surface area contributed by atoms with Gasteiger partial charge in [-0.25, -0.2) is 4.79 Å². The predicted octanol–water partition coefficient (Wildman–Crippen LogP) is 2.90. The number of benzene rings is 2. The van der Waals surface area contributed by atoms with Crippen molar-refractivity contribution in [2.24, 2.45) is 5.92 Å². The molecule has 10 nitrogen and oxygen atoms in total. The third-order valence-corrected chi connectivity index (χ3v) is 9.75. The highest BCUT2D eigenvalue weighted by Gasteiger charge is 2.42. The summed E-state index contributed by atoms with van der Waals surface area (Å²) in [6.07, 6.45) is 1.79. The monoisotopic (exact) mass is 540 g/mol. The molecule has 3 unspecified atom stereocenters. The molecule has 5 amide bonds. The highest BCUT2D eigenvalue weighted by molar-refractivity contribution is 8.24. The molecule has 2 saturated heterocycles. The Morgan fingerprint density at radius 1 is 1.03 bits per heavy atom. The normalized spacial score (nSPS) is 24.6. The van der Waals surface area contributed by atoms with Gasteiger partial charge in [-0.05, 0) is 54.5 Å². The van der Waals surface area contributed by atoms with E-state index in [1.807, 2.05) is 24.3 Å². The van der Waals surface area contributed by atoms with Gasteiger partial charge in [-0.15, -0.1) is 0 Å². The Morgan fingerprint density at radius 2 is 1.71 bits per heavy atom. The number of fused-ring (bicyclic) bond motifs is 1. The summed E-state index contributed by atoms with van der Waals surface area (Å²) in [6.45, 7) is 2.57. The van der Waals surface area contributed by atoms with E-state index in [0.29, 0.717) is 42.8 Å². The molecular formula is C27H32N4O6S. The van der Waals surface area contributed by atoms with E-state index in [-0.39, 0.29) is 29.4 Å². The molecule has 5 N–H and O–H groups in total. The number of rotatable bonds is 5. The van der Waals surface area contributed by atoms with E-state index in [2.05, 4.69) is 16.0 Å². The molecule has 0 spiro atoms. The summed E-state index contributed by atoms with van der Waals surface area (Å²) in [6, 6.07) is 12.4. The molecule has 0 radical (unpaired) electrons. The minimum Gasteiger partial charge on any atom is -0.346 e.